The highest BCUT2D eigenvalue weighted by Crippen LogP contribution is 2.28. The van der Waals surface area contributed by atoms with E-state index in [0.29, 0.717) is 43.4 Å². The Morgan fingerprint density at radius 3 is 2.35 bits per heavy atom. The van der Waals surface area contributed by atoms with Crippen LogP contribution in [0.25, 0.3) is 10.9 Å². The fourth-order valence-electron chi connectivity index (χ4n) is 5.20. The molecule has 1 N–H and O–H groups in total. The van der Waals surface area contributed by atoms with Gasteiger partial charge in [0.25, 0.3) is 0 Å². The second kappa shape index (κ2) is 12.3. The Balaban J connectivity index is 1.30. The molecule has 1 aromatic heterocycles. The molecule has 0 aliphatic carbocycles. The number of ether oxygens (including phenoxy) is 1. The number of nitrogens with zero attached hydrogens (tertiary/aromatic N) is 4. The molecule has 0 unspecified atom stereocenters. The molecule has 40 heavy (non-hydrogen) atoms. The third-order valence-corrected chi connectivity index (χ3v) is 9.47. The number of sulfonamides is 1. The van der Waals surface area contributed by atoms with Crippen LogP contribution in [-0.2, 0) is 23.0 Å². The van der Waals surface area contributed by atoms with Gasteiger partial charge in [-0.15, -0.1) is 0 Å². The zero-order valence-electron chi connectivity index (χ0n) is 23.4. The summed E-state index contributed by atoms with van der Waals surface area (Å²) in [6, 6.07) is 23.1. The zero-order valence-corrected chi connectivity index (χ0v) is 24.2. The van der Waals surface area contributed by atoms with E-state index in [0.717, 1.165) is 46.4 Å². The normalized spacial score (nSPS) is 15.7. The number of fused-ring (bicyclic) bond motifs is 1. The number of rotatable bonds is 10. The van der Waals surface area contributed by atoms with Crippen molar-refractivity contribution in [3.05, 3.63) is 89.7 Å². The number of para-hydroxylation sites is 2. The topological polar surface area (TPSA) is 87.7 Å². The van der Waals surface area contributed by atoms with Crippen LogP contribution in [0.3, 0.4) is 0 Å². The molecule has 1 fully saturated rings. The van der Waals surface area contributed by atoms with Gasteiger partial charge in [0.1, 0.15) is 17.4 Å². The number of methoxy groups -OCH3 is 1. The first-order valence-corrected chi connectivity index (χ1v) is 15.3. The number of anilines is 1. The summed E-state index contributed by atoms with van der Waals surface area (Å²) in [5.41, 5.74) is 3.07. The Morgan fingerprint density at radius 1 is 0.925 bits per heavy atom. The fourth-order valence-corrected chi connectivity index (χ4v) is 6.63. The molecule has 1 saturated heterocycles. The van der Waals surface area contributed by atoms with Gasteiger partial charge in [-0.2, -0.15) is 4.31 Å². The predicted octanol–water partition coefficient (Wildman–Crippen LogP) is 5.27. The van der Waals surface area contributed by atoms with E-state index in [4.69, 9.17) is 14.7 Å². The van der Waals surface area contributed by atoms with E-state index in [1.807, 2.05) is 60.7 Å². The Hall–Kier alpha value is -3.53. The maximum Gasteiger partial charge on any atom is 0.243 e. The summed E-state index contributed by atoms with van der Waals surface area (Å²) in [5.74, 6) is 2.31. The first kappa shape index (κ1) is 28.0. The lowest BCUT2D eigenvalue weighted by molar-refractivity contribution is 0.141. The van der Waals surface area contributed by atoms with E-state index >= 15 is 0 Å². The van der Waals surface area contributed by atoms with Crippen molar-refractivity contribution in [2.24, 2.45) is 0 Å². The summed E-state index contributed by atoms with van der Waals surface area (Å²) in [6.07, 6.45) is 1.98. The van der Waals surface area contributed by atoms with E-state index in [9.17, 15) is 8.42 Å². The van der Waals surface area contributed by atoms with Crippen molar-refractivity contribution in [1.82, 2.24) is 19.2 Å². The molecule has 0 spiro atoms. The molecule has 0 radical (unpaired) electrons. The van der Waals surface area contributed by atoms with Gasteiger partial charge in [-0.1, -0.05) is 55.8 Å². The average Bonchev–Trinajstić information content (AvgIpc) is 3.00. The lowest BCUT2D eigenvalue weighted by Crippen LogP contribution is -2.49. The number of nitrogens with one attached hydrogen (secondary N) is 1. The SMILES string of the molecule is CCCc1ccc(S(=O)(=O)N2CCN([C@H](C)c3nc(NCc4ccccc4OC)c4ccccc4n3)CC2)cc1. The van der Waals surface area contributed by atoms with Crippen LogP contribution in [0.15, 0.2) is 77.7 Å². The molecule has 4 aromatic rings. The molecule has 1 aliphatic heterocycles. The molecule has 1 atom stereocenters. The summed E-state index contributed by atoms with van der Waals surface area (Å²) in [6.45, 7) is 6.84. The maximum atomic E-state index is 13.3. The van der Waals surface area contributed by atoms with Crippen LogP contribution < -0.4 is 10.1 Å². The van der Waals surface area contributed by atoms with Gasteiger partial charge in [0, 0.05) is 43.7 Å². The van der Waals surface area contributed by atoms with E-state index in [1.165, 1.54) is 0 Å². The monoisotopic (exact) mass is 559 g/mol. The Labute approximate surface area is 237 Å². The molecule has 1 aliphatic rings. The third kappa shape index (κ3) is 5.96. The van der Waals surface area contributed by atoms with Gasteiger partial charge in [0.15, 0.2) is 0 Å². The number of hydrogen-bond acceptors (Lipinski definition) is 7. The largest absolute Gasteiger partial charge is 0.496 e. The fraction of sp³-hybridized carbons (Fsp3) is 0.355. The summed E-state index contributed by atoms with van der Waals surface area (Å²) in [5, 5.41) is 4.45. The summed E-state index contributed by atoms with van der Waals surface area (Å²) in [7, 11) is -1.85. The van der Waals surface area contributed by atoms with Crippen molar-refractivity contribution in [3.8, 4) is 5.75 Å². The number of piperazine rings is 1. The highest BCUT2D eigenvalue weighted by Gasteiger charge is 2.31. The van der Waals surface area contributed by atoms with Crippen LogP contribution in [-0.4, -0.2) is 60.9 Å². The number of benzene rings is 3. The van der Waals surface area contributed by atoms with Crippen molar-refractivity contribution in [2.45, 2.75) is 44.2 Å². The summed E-state index contributed by atoms with van der Waals surface area (Å²) in [4.78, 5) is 12.5. The smallest absolute Gasteiger partial charge is 0.243 e. The molecular formula is C31H37N5O3S. The highest BCUT2D eigenvalue weighted by molar-refractivity contribution is 7.89. The average molecular weight is 560 g/mol. The molecule has 0 saturated carbocycles. The van der Waals surface area contributed by atoms with Crippen molar-refractivity contribution in [1.29, 1.82) is 0 Å². The Morgan fingerprint density at radius 2 is 1.62 bits per heavy atom. The van der Waals surface area contributed by atoms with Gasteiger partial charge in [-0.25, -0.2) is 18.4 Å². The highest BCUT2D eigenvalue weighted by atomic mass is 32.2. The minimum Gasteiger partial charge on any atom is -0.496 e. The number of aryl methyl sites for hydroxylation is 1. The summed E-state index contributed by atoms with van der Waals surface area (Å²) < 4.78 is 33.7. The number of hydrogen-bond donors (Lipinski definition) is 1. The first-order valence-electron chi connectivity index (χ1n) is 13.9. The molecule has 210 valence electrons. The van der Waals surface area contributed by atoms with Crippen molar-refractivity contribution >= 4 is 26.7 Å². The Bertz CT molecular complexity index is 1550. The lowest BCUT2D eigenvalue weighted by Gasteiger charge is -2.37. The third-order valence-electron chi connectivity index (χ3n) is 7.55. The van der Waals surface area contributed by atoms with Crippen LogP contribution in [0.4, 0.5) is 5.82 Å². The molecule has 9 heteroatoms. The van der Waals surface area contributed by atoms with Gasteiger partial charge in [-0.05, 0) is 49.2 Å². The molecular weight excluding hydrogens is 522 g/mol. The maximum absolute atomic E-state index is 13.3. The zero-order chi connectivity index (χ0) is 28.1. The minimum atomic E-state index is -3.53. The predicted molar refractivity (Wildman–Crippen MR) is 159 cm³/mol. The van der Waals surface area contributed by atoms with Gasteiger partial charge in [0.2, 0.25) is 10.0 Å². The van der Waals surface area contributed by atoms with Crippen LogP contribution in [0.5, 0.6) is 5.75 Å². The quantitative estimate of drug-likeness (QED) is 0.283. The van der Waals surface area contributed by atoms with Crippen molar-refractivity contribution < 1.29 is 13.2 Å². The van der Waals surface area contributed by atoms with Gasteiger partial charge >= 0.3 is 0 Å². The van der Waals surface area contributed by atoms with Gasteiger partial charge < -0.3 is 10.1 Å². The molecule has 2 heterocycles. The van der Waals surface area contributed by atoms with Gasteiger partial charge in [0.05, 0.1) is 23.6 Å². The van der Waals surface area contributed by atoms with E-state index in [1.54, 1.807) is 23.5 Å². The molecule has 0 bridgehead atoms. The second-order valence-corrected chi connectivity index (χ2v) is 12.1. The van der Waals surface area contributed by atoms with E-state index in [2.05, 4.69) is 24.1 Å². The van der Waals surface area contributed by atoms with Gasteiger partial charge in [-0.3, -0.25) is 4.90 Å². The van der Waals surface area contributed by atoms with Crippen LogP contribution in [0.1, 0.15) is 43.3 Å². The lowest BCUT2D eigenvalue weighted by atomic mass is 10.1. The van der Waals surface area contributed by atoms with Crippen molar-refractivity contribution in [2.75, 3.05) is 38.6 Å². The first-order chi connectivity index (χ1) is 19.4. The van der Waals surface area contributed by atoms with Crippen LogP contribution in [0.2, 0.25) is 0 Å². The molecule has 5 rings (SSSR count). The van der Waals surface area contributed by atoms with E-state index < -0.39 is 10.0 Å². The second-order valence-electron chi connectivity index (χ2n) is 10.1. The molecule has 8 nitrogen and oxygen atoms in total. The summed E-state index contributed by atoms with van der Waals surface area (Å²) >= 11 is 0. The molecule has 3 aromatic carbocycles. The van der Waals surface area contributed by atoms with Crippen LogP contribution >= 0.6 is 0 Å². The molecule has 0 amide bonds. The van der Waals surface area contributed by atoms with E-state index in [-0.39, 0.29) is 6.04 Å². The van der Waals surface area contributed by atoms with Crippen molar-refractivity contribution in [3.63, 3.8) is 0 Å². The number of aromatic nitrogens is 2. The van der Waals surface area contributed by atoms with Crippen LogP contribution in [0, 0.1) is 0 Å². The minimum absolute atomic E-state index is 0.0744. The Kier molecular flexibility index (Phi) is 8.63. The standard InChI is InChI=1S/C31H37N5O3S/c1-4-9-24-14-16-26(17-15-24)40(37,38)36-20-18-35(19-21-36)23(2)30-33-28-12-7-6-11-27(28)31(34-30)32-22-25-10-5-8-13-29(25)39-3/h5-8,10-17,23H,4,9,18-22H2,1-3H3,(H,32,33,34)/t23-/m1/s1.